The molecule has 6 aliphatic rings. The predicted octanol–water partition coefficient (Wildman–Crippen LogP) is 4.48. The van der Waals surface area contributed by atoms with E-state index in [2.05, 4.69) is 30.6 Å². The van der Waals surface area contributed by atoms with Gasteiger partial charge in [0, 0.05) is 50.6 Å². The van der Waals surface area contributed by atoms with Crippen LogP contribution in [0.2, 0.25) is 0 Å². The maximum Gasteiger partial charge on any atom is 0.410 e. The van der Waals surface area contributed by atoms with Crippen molar-refractivity contribution in [2.24, 2.45) is 11.8 Å². The number of amides is 6. The van der Waals surface area contributed by atoms with Crippen LogP contribution in [0.25, 0.3) is 0 Å². The van der Waals surface area contributed by atoms with Crippen LogP contribution in [0, 0.1) is 17.7 Å². The Morgan fingerprint density at radius 3 is 2.49 bits per heavy atom. The standard InChI is InChI=1S/C49H65FN8O10S/c1-67-25-12-6-11-20-39-41(68-48(64)57-29-32-16-13-18-36(50)35(32)30-57)26-40-44(60)55-49(47(63)56-69(65,66)34-21-22-34)27-33(49)17-9-3-2-4-10-19-37(46(62)58(39)40)53-45(61)42(31-14-7-5-8-15-31)54-43(59)38-28-51-23-24-52-38/h9,13,16-18,23-24,28,31,33-34,37,39-42H,2-8,10-12,14-15,19-22,25-27,29-30H2,1H3,(H,53,61)(H,54,59)(H,55,60)(H,56,63)/b17-9-/t33?,37?,39-,40?,41+,42-,49?/m0/s1. The van der Waals surface area contributed by atoms with Crippen LogP contribution in [0.4, 0.5) is 9.18 Å². The number of aromatic nitrogens is 2. The Bertz CT molecular complexity index is 2370. The molecule has 8 rings (SSSR count). The van der Waals surface area contributed by atoms with E-state index in [-0.39, 0.29) is 50.4 Å². The van der Waals surface area contributed by atoms with Crippen molar-refractivity contribution in [3.8, 4) is 0 Å². The lowest BCUT2D eigenvalue weighted by molar-refractivity contribution is -0.145. The van der Waals surface area contributed by atoms with Gasteiger partial charge in [-0.2, -0.15) is 0 Å². The minimum absolute atomic E-state index is 0.0300. The number of ether oxygens (including phenoxy) is 2. The van der Waals surface area contributed by atoms with Crippen molar-refractivity contribution in [1.82, 2.24) is 40.4 Å². The number of carbonyl (C=O) groups excluding carboxylic acids is 6. The maximum absolute atomic E-state index is 15.6. The number of halogens is 1. The number of hydrogen-bond donors (Lipinski definition) is 4. The van der Waals surface area contributed by atoms with Crippen LogP contribution < -0.4 is 20.7 Å². The van der Waals surface area contributed by atoms with Crippen LogP contribution in [0.3, 0.4) is 0 Å². The van der Waals surface area contributed by atoms with Crippen LogP contribution in [-0.4, -0.2) is 119 Å². The molecule has 4 fully saturated rings. The lowest BCUT2D eigenvalue weighted by Crippen LogP contribution is -2.61. The summed E-state index contributed by atoms with van der Waals surface area (Å²) in [4.78, 5) is 98.1. The summed E-state index contributed by atoms with van der Waals surface area (Å²) in [6, 6.07) is 0.192. The quantitative estimate of drug-likeness (QED) is 0.143. The molecule has 4 unspecified atom stereocenters. The van der Waals surface area contributed by atoms with E-state index in [1.807, 2.05) is 12.2 Å². The van der Waals surface area contributed by atoms with Gasteiger partial charge in [-0.25, -0.2) is 22.6 Å². The summed E-state index contributed by atoms with van der Waals surface area (Å²) in [5.41, 5.74) is -0.602. The van der Waals surface area contributed by atoms with Gasteiger partial charge in [-0.15, -0.1) is 0 Å². The Morgan fingerprint density at radius 2 is 1.75 bits per heavy atom. The van der Waals surface area contributed by atoms with E-state index in [1.54, 1.807) is 19.2 Å². The largest absolute Gasteiger partial charge is 0.444 e. The fourth-order valence-electron chi connectivity index (χ4n) is 10.6. The number of nitrogens with one attached hydrogen (secondary N) is 4. The first-order chi connectivity index (χ1) is 33.3. The Kier molecular flexibility index (Phi) is 16.0. The minimum atomic E-state index is -4.00. The molecule has 69 heavy (non-hydrogen) atoms. The van der Waals surface area contributed by atoms with Gasteiger partial charge >= 0.3 is 6.09 Å². The van der Waals surface area contributed by atoms with E-state index in [0.717, 1.165) is 19.3 Å². The first kappa shape index (κ1) is 49.9. The second kappa shape index (κ2) is 22.1. The second-order valence-electron chi connectivity index (χ2n) is 19.6. The van der Waals surface area contributed by atoms with Crippen LogP contribution in [0.1, 0.15) is 137 Å². The van der Waals surface area contributed by atoms with Crippen LogP contribution in [-0.2, 0) is 51.8 Å². The van der Waals surface area contributed by atoms with Gasteiger partial charge in [0.25, 0.3) is 11.8 Å². The highest BCUT2D eigenvalue weighted by atomic mass is 32.2. The minimum Gasteiger partial charge on any atom is -0.444 e. The summed E-state index contributed by atoms with van der Waals surface area (Å²) < 4.78 is 54.9. The number of nitrogens with zero attached hydrogens (tertiary/aromatic N) is 4. The van der Waals surface area contributed by atoms with Crippen molar-refractivity contribution in [2.45, 2.75) is 170 Å². The lowest BCUT2D eigenvalue weighted by Gasteiger charge is -2.36. The second-order valence-corrected chi connectivity index (χ2v) is 21.5. The number of hydrogen-bond acceptors (Lipinski definition) is 12. The Balaban J connectivity index is 1.13. The Morgan fingerprint density at radius 1 is 0.971 bits per heavy atom. The molecule has 0 radical (unpaired) electrons. The van der Waals surface area contributed by atoms with E-state index < -0.39 is 98.4 Å². The number of unbranched alkanes of at least 4 members (excludes halogenated alkanes) is 2. The Labute approximate surface area is 402 Å². The predicted molar refractivity (Wildman–Crippen MR) is 248 cm³/mol. The van der Waals surface area contributed by atoms with E-state index >= 15 is 9.59 Å². The topological polar surface area (TPSA) is 235 Å². The van der Waals surface area contributed by atoms with E-state index in [4.69, 9.17) is 9.47 Å². The molecule has 1 aromatic carbocycles. The maximum atomic E-state index is 15.6. The zero-order chi connectivity index (χ0) is 48.7. The van der Waals surface area contributed by atoms with Gasteiger partial charge < -0.3 is 30.3 Å². The summed E-state index contributed by atoms with van der Waals surface area (Å²) in [5, 5.41) is 8.12. The third-order valence-corrected chi connectivity index (χ3v) is 16.5. The molecular weight excluding hydrogens is 912 g/mol. The monoisotopic (exact) mass is 976 g/mol. The molecular formula is C49H65FN8O10S. The molecule has 0 spiro atoms. The number of allylic oxidation sites excluding steroid dienone is 1. The zero-order valence-corrected chi connectivity index (χ0v) is 40.1. The average Bonchev–Trinajstić information content (AvgIpc) is 4.24. The van der Waals surface area contributed by atoms with Crippen LogP contribution >= 0.6 is 0 Å². The summed E-state index contributed by atoms with van der Waals surface area (Å²) >= 11 is 0. The lowest BCUT2D eigenvalue weighted by atomic mass is 9.83. The molecule has 1 saturated heterocycles. The van der Waals surface area contributed by atoms with Gasteiger partial charge in [-0.3, -0.25) is 38.6 Å². The number of rotatable bonds is 15. The van der Waals surface area contributed by atoms with Crippen molar-refractivity contribution in [3.05, 3.63) is 71.6 Å². The van der Waals surface area contributed by atoms with Crippen LogP contribution in [0.5, 0.6) is 0 Å². The summed E-state index contributed by atoms with van der Waals surface area (Å²) in [5.74, 6) is -4.57. The molecule has 3 aliphatic heterocycles. The van der Waals surface area contributed by atoms with Gasteiger partial charge in [0.15, 0.2) is 0 Å². The highest BCUT2D eigenvalue weighted by Crippen LogP contribution is 2.46. The zero-order valence-electron chi connectivity index (χ0n) is 39.2. The third-order valence-electron chi connectivity index (χ3n) is 14.7. The average molecular weight is 977 g/mol. The highest BCUT2D eigenvalue weighted by Gasteiger charge is 2.63. The molecule has 7 atom stereocenters. The molecule has 2 aromatic rings. The van der Waals surface area contributed by atoms with Crippen molar-refractivity contribution in [1.29, 1.82) is 0 Å². The van der Waals surface area contributed by atoms with Crippen molar-refractivity contribution < 1.29 is 51.0 Å². The fraction of sp³-hybridized carbons (Fsp3) is 0.633. The smallest absolute Gasteiger partial charge is 0.410 e. The molecule has 18 nitrogen and oxygen atoms in total. The molecule has 6 amide bonds. The van der Waals surface area contributed by atoms with E-state index in [0.29, 0.717) is 88.4 Å². The number of fused-ring (bicyclic) bond motifs is 3. The van der Waals surface area contributed by atoms with Crippen molar-refractivity contribution in [2.75, 3.05) is 13.7 Å². The highest BCUT2D eigenvalue weighted by molar-refractivity contribution is 7.91. The fourth-order valence-corrected chi connectivity index (χ4v) is 12.0. The number of carbonyl (C=O) groups is 6. The number of benzene rings is 1. The number of methoxy groups -OCH3 is 1. The number of sulfonamides is 1. The van der Waals surface area contributed by atoms with Gasteiger partial charge in [0.2, 0.25) is 27.7 Å². The third kappa shape index (κ3) is 11.8. The molecule has 3 saturated carbocycles. The molecule has 0 bridgehead atoms. The molecule has 4 heterocycles. The molecule has 1 aromatic heterocycles. The van der Waals surface area contributed by atoms with Crippen molar-refractivity contribution >= 4 is 45.7 Å². The van der Waals surface area contributed by atoms with Crippen molar-refractivity contribution in [3.63, 3.8) is 0 Å². The Hall–Kier alpha value is -5.50. The summed E-state index contributed by atoms with van der Waals surface area (Å²) in [6.07, 6.45) is 15.7. The van der Waals surface area contributed by atoms with Crippen LogP contribution in [0.15, 0.2) is 48.9 Å². The van der Waals surface area contributed by atoms with E-state index in [9.17, 15) is 32.0 Å². The van der Waals surface area contributed by atoms with E-state index in [1.165, 1.54) is 34.5 Å². The summed E-state index contributed by atoms with van der Waals surface area (Å²) in [7, 11) is -2.40. The summed E-state index contributed by atoms with van der Waals surface area (Å²) in [6.45, 7) is 0.539. The van der Waals surface area contributed by atoms with Gasteiger partial charge in [-0.1, -0.05) is 69.2 Å². The SMILES string of the molecule is COCCCCC[C@H]1[C@H](OC(=O)N2Cc3cccc(F)c3C2)CC2C(=O)NC3(C(=O)NS(=O)(=O)C4CC4)CC3/C=C\CCCCCC(NC(=O)[C@@H](NC(=O)c3cnccn3)C3CCCCC3)C(=O)N21. The molecule has 20 heteroatoms. The normalized spacial score (nSPS) is 27.3. The molecule has 3 aliphatic carbocycles. The first-order valence-corrected chi connectivity index (χ1v) is 26.3. The molecule has 4 N–H and O–H groups in total. The van der Waals surface area contributed by atoms with Gasteiger partial charge in [-0.05, 0) is 81.8 Å². The van der Waals surface area contributed by atoms with Gasteiger partial charge in [0.05, 0.1) is 24.0 Å². The van der Waals surface area contributed by atoms with Gasteiger partial charge in [0.1, 0.15) is 41.3 Å². The first-order valence-electron chi connectivity index (χ1n) is 24.7. The molecule has 374 valence electrons.